The van der Waals surface area contributed by atoms with E-state index in [0.29, 0.717) is 24.4 Å². The Morgan fingerprint density at radius 3 is 2.34 bits per heavy atom. The van der Waals surface area contributed by atoms with Crippen molar-refractivity contribution >= 4 is 26.0 Å². The number of Topliss-reactive ketones (excluding diaryl/α,β-unsaturated/α-hetero) is 1. The number of nitrogens with zero attached hydrogens (tertiary/aromatic N) is 1. The lowest BCUT2D eigenvalue weighted by molar-refractivity contribution is -0.118. The normalized spacial score (nSPS) is 12.6. The molecule has 0 saturated carbocycles. The molecular formula is C22H38N2O4Si. The van der Waals surface area contributed by atoms with E-state index in [9.17, 15) is 9.59 Å². The molecule has 1 N–H and O–H groups in total. The third-order valence-electron chi connectivity index (χ3n) is 5.02. The largest absolute Gasteiger partial charge is 0.444 e. The molecule has 0 spiro atoms. The van der Waals surface area contributed by atoms with Gasteiger partial charge >= 0.3 is 6.09 Å². The summed E-state index contributed by atoms with van der Waals surface area (Å²) < 4.78 is 11.4. The molecule has 7 heteroatoms. The number of pyridine rings is 1. The lowest BCUT2D eigenvalue weighted by atomic mass is 10.1. The van der Waals surface area contributed by atoms with Crippen LogP contribution in [0.25, 0.3) is 0 Å². The first-order valence-electron chi connectivity index (χ1n) is 10.3. The summed E-state index contributed by atoms with van der Waals surface area (Å²) in [7, 11) is -1.73. The predicted molar refractivity (Wildman–Crippen MR) is 120 cm³/mol. The SMILES string of the molecule is CC(C)(C)OC(=O)Nc1ncccc1CC(=O)CCCCO[Si](C)(C)C(C)(C)C. The van der Waals surface area contributed by atoms with Crippen LogP contribution in [0.15, 0.2) is 18.3 Å². The van der Waals surface area contributed by atoms with E-state index in [0.717, 1.165) is 12.8 Å². The summed E-state index contributed by atoms with van der Waals surface area (Å²) in [6, 6.07) is 3.56. The highest BCUT2D eigenvalue weighted by Crippen LogP contribution is 2.36. The molecule has 0 aliphatic rings. The van der Waals surface area contributed by atoms with Gasteiger partial charge in [-0.25, -0.2) is 9.78 Å². The number of carbonyl (C=O) groups excluding carboxylic acids is 2. The summed E-state index contributed by atoms with van der Waals surface area (Å²) in [6.07, 6.45) is 3.40. The Bertz CT molecular complexity index is 691. The van der Waals surface area contributed by atoms with Crippen LogP contribution in [0.4, 0.5) is 10.6 Å². The highest BCUT2D eigenvalue weighted by Gasteiger charge is 2.36. The van der Waals surface area contributed by atoms with Gasteiger partial charge in [0.05, 0.1) is 0 Å². The number of amides is 1. The Balaban J connectivity index is 2.48. The van der Waals surface area contributed by atoms with Gasteiger partial charge < -0.3 is 9.16 Å². The molecule has 0 fully saturated rings. The second-order valence-corrected chi connectivity index (χ2v) is 14.7. The van der Waals surface area contributed by atoms with Crippen molar-refractivity contribution in [3.05, 3.63) is 23.9 Å². The van der Waals surface area contributed by atoms with Crippen LogP contribution >= 0.6 is 0 Å². The van der Waals surface area contributed by atoms with Crippen LogP contribution < -0.4 is 5.32 Å². The van der Waals surface area contributed by atoms with Gasteiger partial charge in [0, 0.05) is 31.2 Å². The lowest BCUT2D eigenvalue weighted by Crippen LogP contribution is -2.40. The molecule has 0 aliphatic carbocycles. The van der Waals surface area contributed by atoms with E-state index in [2.05, 4.69) is 44.2 Å². The minimum absolute atomic E-state index is 0.123. The molecule has 1 aromatic heterocycles. The molecule has 29 heavy (non-hydrogen) atoms. The van der Waals surface area contributed by atoms with E-state index in [1.165, 1.54) is 0 Å². The second-order valence-electron chi connectivity index (χ2n) is 9.92. The lowest BCUT2D eigenvalue weighted by Gasteiger charge is -2.36. The van der Waals surface area contributed by atoms with E-state index >= 15 is 0 Å². The number of rotatable bonds is 9. The average molecular weight is 423 g/mol. The number of ketones is 1. The fourth-order valence-corrected chi connectivity index (χ4v) is 3.45. The van der Waals surface area contributed by atoms with Crippen LogP contribution in [0.1, 0.15) is 66.4 Å². The molecular weight excluding hydrogens is 384 g/mol. The number of hydrogen-bond donors (Lipinski definition) is 1. The Hall–Kier alpha value is -1.73. The quantitative estimate of drug-likeness (QED) is 0.406. The summed E-state index contributed by atoms with van der Waals surface area (Å²) >= 11 is 0. The van der Waals surface area contributed by atoms with Crippen molar-refractivity contribution < 1.29 is 18.8 Å². The van der Waals surface area contributed by atoms with Gasteiger partial charge in [-0.1, -0.05) is 26.8 Å². The van der Waals surface area contributed by atoms with E-state index in [-0.39, 0.29) is 17.2 Å². The van der Waals surface area contributed by atoms with Gasteiger partial charge in [0.2, 0.25) is 0 Å². The van der Waals surface area contributed by atoms with Crippen molar-refractivity contribution in [2.45, 2.75) is 91.0 Å². The minimum Gasteiger partial charge on any atom is -0.444 e. The Kier molecular flexibility index (Phi) is 9.02. The van der Waals surface area contributed by atoms with Gasteiger partial charge in [-0.15, -0.1) is 0 Å². The van der Waals surface area contributed by atoms with Crippen molar-refractivity contribution in [2.75, 3.05) is 11.9 Å². The van der Waals surface area contributed by atoms with Crippen LogP contribution in [-0.4, -0.2) is 37.4 Å². The highest BCUT2D eigenvalue weighted by atomic mass is 28.4. The first kappa shape index (κ1) is 25.3. The molecule has 0 saturated heterocycles. The molecule has 1 aromatic rings. The number of unbranched alkanes of at least 4 members (excludes halogenated alkanes) is 1. The third-order valence-corrected chi connectivity index (χ3v) is 9.56. The van der Waals surface area contributed by atoms with Gasteiger partial charge in [-0.3, -0.25) is 10.1 Å². The van der Waals surface area contributed by atoms with Crippen LogP contribution in [0.2, 0.25) is 18.1 Å². The summed E-state index contributed by atoms with van der Waals surface area (Å²) in [5, 5.41) is 2.83. The minimum atomic E-state index is -1.73. The molecule has 0 atom stereocenters. The zero-order chi connectivity index (χ0) is 22.3. The summed E-state index contributed by atoms with van der Waals surface area (Å²) in [4.78, 5) is 28.6. The number of nitrogens with one attached hydrogen (secondary N) is 1. The van der Waals surface area contributed by atoms with Crippen molar-refractivity contribution in [1.29, 1.82) is 0 Å². The molecule has 0 radical (unpaired) electrons. The van der Waals surface area contributed by atoms with Crippen molar-refractivity contribution in [3.8, 4) is 0 Å². The van der Waals surface area contributed by atoms with Gasteiger partial charge in [-0.05, 0) is 57.8 Å². The number of anilines is 1. The predicted octanol–water partition coefficient (Wildman–Crippen LogP) is 5.73. The van der Waals surface area contributed by atoms with Gasteiger partial charge in [0.15, 0.2) is 8.32 Å². The second kappa shape index (κ2) is 10.3. The van der Waals surface area contributed by atoms with E-state index < -0.39 is 20.0 Å². The molecule has 1 rings (SSSR count). The molecule has 0 unspecified atom stereocenters. The molecule has 0 aromatic carbocycles. The monoisotopic (exact) mass is 422 g/mol. The summed E-state index contributed by atoms with van der Waals surface area (Å²) in [6.45, 7) is 17.2. The molecule has 0 aliphatic heterocycles. The van der Waals surface area contributed by atoms with Gasteiger partial charge in [0.1, 0.15) is 17.2 Å². The van der Waals surface area contributed by atoms with Gasteiger partial charge in [0.25, 0.3) is 0 Å². The maximum absolute atomic E-state index is 12.4. The zero-order valence-corrected chi connectivity index (χ0v) is 20.3. The third kappa shape index (κ3) is 9.54. The summed E-state index contributed by atoms with van der Waals surface area (Å²) in [5.41, 5.74) is 0.0994. The molecule has 0 bridgehead atoms. The standard InChI is InChI=1S/C22H38N2O4Si/c1-21(2,3)28-20(26)24-19-17(12-11-14-23-19)16-18(25)13-9-10-15-27-29(7,8)22(4,5)6/h11-12,14H,9-10,13,15-16H2,1-8H3,(H,23,24,26). The molecule has 164 valence electrons. The Morgan fingerprint density at radius 2 is 1.76 bits per heavy atom. The molecule has 6 nitrogen and oxygen atoms in total. The fourth-order valence-electron chi connectivity index (χ4n) is 2.36. The topological polar surface area (TPSA) is 77.5 Å². The van der Waals surface area contributed by atoms with Crippen molar-refractivity contribution in [1.82, 2.24) is 4.98 Å². The summed E-state index contributed by atoms with van der Waals surface area (Å²) in [5.74, 6) is 0.494. The average Bonchev–Trinajstić information content (AvgIpc) is 2.53. The number of aromatic nitrogens is 1. The molecule has 1 heterocycles. The maximum Gasteiger partial charge on any atom is 0.413 e. The number of ether oxygens (including phenoxy) is 1. The van der Waals surface area contributed by atoms with Crippen LogP contribution in [0.3, 0.4) is 0 Å². The van der Waals surface area contributed by atoms with Crippen molar-refractivity contribution in [3.63, 3.8) is 0 Å². The maximum atomic E-state index is 12.4. The first-order chi connectivity index (χ1) is 13.2. The van der Waals surface area contributed by atoms with E-state index in [1.807, 2.05) is 0 Å². The molecule has 1 amide bonds. The smallest absolute Gasteiger partial charge is 0.413 e. The van der Waals surface area contributed by atoms with Crippen LogP contribution in [0.5, 0.6) is 0 Å². The van der Waals surface area contributed by atoms with Crippen LogP contribution in [-0.2, 0) is 20.4 Å². The van der Waals surface area contributed by atoms with Gasteiger partial charge in [-0.2, -0.15) is 0 Å². The van der Waals surface area contributed by atoms with Crippen molar-refractivity contribution in [2.24, 2.45) is 0 Å². The Labute approximate surface area is 176 Å². The number of hydrogen-bond acceptors (Lipinski definition) is 5. The van der Waals surface area contributed by atoms with Crippen LogP contribution in [0, 0.1) is 0 Å². The fraction of sp³-hybridized carbons (Fsp3) is 0.682. The Morgan fingerprint density at radius 1 is 1.10 bits per heavy atom. The van der Waals surface area contributed by atoms with E-state index in [4.69, 9.17) is 9.16 Å². The number of carbonyl (C=O) groups is 2. The zero-order valence-electron chi connectivity index (χ0n) is 19.3. The first-order valence-corrected chi connectivity index (χ1v) is 13.2. The highest BCUT2D eigenvalue weighted by molar-refractivity contribution is 6.74. The van der Waals surface area contributed by atoms with E-state index in [1.54, 1.807) is 39.1 Å².